The van der Waals surface area contributed by atoms with E-state index in [4.69, 9.17) is 0 Å². The van der Waals surface area contributed by atoms with E-state index in [0.717, 1.165) is 5.56 Å². The molecule has 0 radical (unpaired) electrons. The first-order valence-electron chi connectivity index (χ1n) is 5.28. The third-order valence-electron chi connectivity index (χ3n) is 2.37. The van der Waals surface area contributed by atoms with Crippen LogP contribution in [0, 0.1) is 0 Å². The molecular formula is C12H14N2O4. The Morgan fingerprint density at radius 3 is 2.44 bits per heavy atom. The van der Waals surface area contributed by atoms with Gasteiger partial charge in [-0.2, -0.15) is 0 Å². The zero-order valence-corrected chi connectivity index (χ0v) is 9.88. The van der Waals surface area contributed by atoms with Crippen molar-refractivity contribution in [1.29, 1.82) is 0 Å². The molecular weight excluding hydrogens is 236 g/mol. The van der Waals surface area contributed by atoms with Crippen LogP contribution in [-0.2, 0) is 25.5 Å². The van der Waals surface area contributed by atoms with Crippen LogP contribution in [-0.4, -0.2) is 31.9 Å². The Morgan fingerprint density at radius 1 is 1.28 bits per heavy atom. The van der Waals surface area contributed by atoms with Gasteiger partial charge in [-0.15, -0.1) is 0 Å². The number of carbonyl (C=O) groups excluding carboxylic acids is 3. The Balaban J connectivity index is 2.71. The number of rotatable bonds is 7. The van der Waals surface area contributed by atoms with Gasteiger partial charge < -0.3 is 15.4 Å². The predicted octanol–water partition coefficient (Wildman–Crippen LogP) is 0.0850. The summed E-state index contributed by atoms with van der Waals surface area (Å²) in [5, 5.41) is 4.90. The zero-order chi connectivity index (χ0) is 13.4. The van der Waals surface area contributed by atoms with Crippen molar-refractivity contribution < 1.29 is 19.1 Å². The minimum atomic E-state index is -0.711. The molecule has 0 spiro atoms. The lowest BCUT2D eigenvalue weighted by Gasteiger charge is -2.13. The summed E-state index contributed by atoms with van der Waals surface area (Å²) in [6.07, 6.45) is 1.37. The molecule has 1 rings (SSSR count). The predicted molar refractivity (Wildman–Crippen MR) is 64.8 cm³/mol. The maximum atomic E-state index is 11.4. The number of nitrogens with one attached hydrogen (secondary N) is 2. The van der Waals surface area contributed by atoms with E-state index in [1.54, 1.807) is 24.3 Å². The average molecular weight is 250 g/mol. The Morgan fingerprint density at radius 2 is 1.94 bits per heavy atom. The average Bonchev–Trinajstić information content (AvgIpc) is 2.40. The fourth-order valence-electron chi connectivity index (χ4n) is 1.48. The quantitative estimate of drug-likeness (QED) is 0.530. The van der Waals surface area contributed by atoms with Crippen LogP contribution in [0.25, 0.3) is 0 Å². The van der Waals surface area contributed by atoms with E-state index < -0.39 is 12.0 Å². The van der Waals surface area contributed by atoms with Crippen LogP contribution >= 0.6 is 0 Å². The molecule has 0 aliphatic carbocycles. The second kappa shape index (κ2) is 7.05. The van der Waals surface area contributed by atoms with Gasteiger partial charge in [0.2, 0.25) is 12.8 Å². The number of anilines is 1. The van der Waals surface area contributed by atoms with Gasteiger partial charge in [-0.1, -0.05) is 12.1 Å². The first kappa shape index (κ1) is 13.7. The van der Waals surface area contributed by atoms with Gasteiger partial charge in [0, 0.05) is 12.1 Å². The van der Waals surface area contributed by atoms with Crippen LogP contribution in [0.2, 0.25) is 0 Å². The van der Waals surface area contributed by atoms with Crippen molar-refractivity contribution >= 4 is 24.5 Å². The third kappa shape index (κ3) is 3.89. The van der Waals surface area contributed by atoms with Crippen LogP contribution < -0.4 is 10.6 Å². The third-order valence-corrected chi connectivity index (χ3v) is 2.37. The Kier molecular flexibility index (Phi) is 5.37. The van der Waals surface area contributed by atoms with Gasteiger partial charge in [-0.3, -0.25) is 9.59 Å². The van der Waals surface area contributed by atoms with E-state index >= 15 is 0 Å². The van der Waals surface area contributed by atoms with E-state index in [2.05, 4.69) is 15.4 Å². The van der Waals surface area contributed by atoms with Gasteiger partial charge in [-0.05, 0) is 17.7 Å². The number of hydrogen-bond acceptors (Lipinski definition) is 4. The summed E-state index contributed by atoms with van der Waals surface area (Å²) >= 11 is 0. The van der Waals surface area contributed by atoms with Crippen molar-refractivity contribution in [3.05, 3.63) is 29.8 Å². The minimum absolute atomic E-state index is 0.326. The number of carbonyl (C=O) groups is 3. The number of hydrogen-bond donors (Lipinski definition) is 2. The molecule has 1 atom stereocenters. The highest BCUT2D eigenvalue weighted by molar-refractivity contribution is 5.78. The van der Waals surface area contributed by atoms with Crippen LogP contribution in [0.5, 0.6) is 0 Å². The summed E-state index contributed by atoms with van der Waals surface area (Å²) in [7, 11) is 1.26. The Labute approximate surface area is 104 Å². The molecule has 0 saturated heterocycles. The molecule has 2 N–H and O–H groups in total. The molecule has 0 heterocycles. The monoisotopic (exact) mass is 250 g/mol. The van der Waals surface area contributed by atoms with Crippen molar-refractivity contribution in [1.82, 2.24) is 5.32 Å². The van der Waals surface area contributed by atoms with Crippen LogP contribution in [0.1, 0.15) is 5.56 Å². The standard InChI is InChI=1S/C12H14N2O4/c1-18-12(17)11(14-8-16)6-9-2-4-10(5-3-9)13-7-15/h2-5,7-8,11H,6H2,1H3,(H,13,15)(H,14,16)/t11-/m0/s1. The highest BCUT2D eigenvalue weighted by Gasteiger charge is 2.18. The first-order chi connectivity index (χ1) is 8.71. The van der Waals surface area contributed by atoms with Crippen molar-refractivity contribution in [2.45, 2.75) is 12.5 Å². The van der Waals surface area contributed by atoms with Crippen molar-refractivity contribution in [2.75, 3.05) is 12.4 Å². The molecule has 0 unspecified atom stereocenters. The van der Waals surface area contributed by atoms with E-state index in [-0.39, 0.29) is 0 Å². The van der Waals surface area contributed by atoms with Gasteiger partial charge in [-0.25, -0.2) is 4.79 Å². The molecule has 0 aliphatic rings. The first-order valence-corrected chi connectivity index (χ1v) is 5.28. The molecule has 18 heavy (non-hydrogen) atoms. The number of ether oxygens (including phenoxy) is 1. The summed E-state index contributed by atoms with van der Waals surface area (Å²) in [6, 6.07) is 6.22. The number of methoxy groups -OCH3 is 1. The van der Waals surface area contributed by atoms with Gasteiger partial charge in [0.05, 0.1) is 7.11 Å². The zero-order valence-electron chi connectivity index (χ0n) is 9.88. The van der Waals surface area contributed by atoms with E-state index in [1.807, 2.05) is 0 Å². The highest BCUT2D eigenvalue weighted by Crippen LogP contribution is 2.10. The highest BCUT2D eigenvalue weighted by atomic mass is 16.5. The van der Waals surface area contributed by atoms with Crippen molar-refractivity contribution in [2.24, 2.45) is 0 Å². The van der Waals surface area contributed by atoms with Gasteiger partial charge >= 0.3 is 5.97 Å². The summed E-state index contributed by atoms with van der Waals surface area (Å²) in [4.78, 5) is 32.0. The van der Waals surface area contributed by atoms with Crippen LogP contribution in [0.4, 0.5) is 5.69 Å². The molecule has 1 aromatic carbocycles. The SMILES string of the molecule is COC(=O)[C@H](Cc1ccc(NC=O)cc1)NC=O. The Bertz CT molecular complexity index is 417. The van der Waals surface area contributed by atoms with Gasteiger partial charge in [0.1, 0.15) is 6.04 Å². The lowest BCUT2D eigenvalue weighted by Crippen LogP contribution is -2.38. The number of esters is 1. The second-order valence-corrected chi connectivity index (χ2v) is 3.52. The molecule has 2 amide bonds. The number of amides is 2. The summed E-state index contributed by atoms with van der Waals surface area (Å²) in [5.41, 5.74) is 1.50. The maximum Gasteiger partial charge on any atom is 0.328 e. The molecule has 0 aliphatic heterocycles. The minimum Gasteiger partial charge on any atom is -0.467 e. The molecule has 0 bridgehead atoms. The smallest absolute Gasteiger partial charge is 0.328 e. The summed E-state index contributed by atoms with van der Waals surface area (Å²) < 4.78 is 4.58. The number of benzene rings is 1. The molecule has 0 aromatic heterocycles. The second-order valence-electron chi connectivity index (χ2n) is 3.52. The normalized spacial score (nSPS) is 11.2. The van der Waals surface area contributed by atoms with E-state index in [1.165, 1.54) is 7.11 Å². The van der Waals surface area contributed by atoms with E-state index in [9.17, 15) is 14.4 Å². The fraction of sp³-hybridized carbons (Fsp3) is 0.250. The molecule has 1 aromatic rings. The van der Waals surface area contributed by atoms with Crippen molar-refractivity contribution in [3.63, 3.8) is 0 Å². The van der Waals surface area contributed by atoms with Gasteiger partial charge in [0.25, 0.3) is 0 Å². The van der Waals surface area contributed by atoms with Crippen LogP contribution in [0.15, 0.2) is 24.3 Å². The molecule has 6 nitrogen and oxygen atoms in total. The molecule has 6 heteroatoms. The topological polar surface area (TPSA) is 84.5 Å². The van der Waals surface area contributed by atoms with Gasteiger partial charge in [0.15, 0.2) is 0 Å². The largest absolute Gasteiger partial charge is 0.467 e. The van der Waals surface area contributed by atoms with E-state index in [0.29, 0.717) is 24.9 Å². The maximum absolute atomic E-state index is 11.4. The summed E-state index contributed by atoms with van der Waals surface area (Å²) in [5.74, 6) is -0.503. The summed E-state index contributed by atoms with van der Waals surface area (Å²) in [6.45, 7) is 0. The molecule has 96 valence electrons. The molecule has 0 saturated carbocycles. The lowest BCUT2D eigenvalue weighted by molar-refractivity contribution is -0.144. The van der Waals surface area contributed by atoms with Crippen molar-refractivity contribution in [3.8, 4) is 0 Å². The molecule has 0 fully saturated rings. The Hall–Kier alpha value is -2.37. The lowest BCUT2D eigenvalue weighted by atomic mass is 10.1. The fourth-order valence-corrected chi connectivity index (χ4v) is 1.48. The van der Waals surface area contributed by atoms with Crippen LogP contribution in [0.3, 0.4) is 0 Å².